The first-order chi connectivity index (χ1) is 11.6. The molecule has 1 saturated carbocycles. The van der Waals surface area contributed by atoms with Crippen LogP contribution in [-0.2, 0) is 16.0 Å². The van der Waals surface area contributed by atoms with Crippen LogP contribution >= 0.6 is 0 Å². The van der Waals surface area contributed by atoms with E-state index in [2.05, 4.69) is 22.8 Å². The second-order valence-corrected chi connectivity index (χ2v) is 6.74. The van der Waals surface area contributed by atoms with Crippen molar-refractivity contribution in [1.82, 2.24) is 9.78 Å². The summed E-state index contributed by atoms with van der Waals surface area (Å²) in [7, 11) is 0. The van der Waals surface area contributed by atoms with Crippen LogP contribution in [0.2, 0.25) is 0 Å². The van der Waals surface area contributed by atoms with Crippen molar-refractivity contribution in [3.8, 4) is 0 Å². The number of benzene rings is 1. The molecule has 0 spiro atoms. The standard InChI is InChI=1S/C20H26N2O2/c1-15-14-16(2)22(21-15)18-10-6-7-11-19(18)24-20(23)13-12-17-8-4-3-5-9-17/h3-5,8-9,14,18-19H,6-7,10-13H2,1-2H3/t18-,19-/m1/s1. The number of esters is 1. The number of ether oxygens (including phenoxy) is 1. The van der Waals surface area contributed by atoms with E-state index in [-0.39, 0.29) is 18.1 Å². The first kappa shape index (κ1) is 16.7. The van der Waals surface area contributed by atoms with Gasteiger partial charge in [-0.05, 0) is 51.2 Å². The van der Waals surface area contributed by atoms with E-state index in [0.717, 1.165) is 37.1 Å². The SMILES string of the molecule is Cc1cc(C)n([C@@H]2CCCC[C@H]2OC(=O)CCc2ccccc2)n1. The molecule has 24 heavy (non-hydrogen) atoms. The van der Waals surface area contributed by atoms with Crippen molar-refractivity contribution < 1.29 is 9.53 Å². The summed E-state index contributed by atoms with van der Waals surface area (Å²) in [5, 5.41) is 4.61. The largest absolute Gasteiger partial charge is 0.460 e. The number of aryl methyl sites for hydroxylation is 3. The van der Waals surface area contributed by atoms with E-state index in [4.69, 9.17) is 4.74 Å². The summed E-state index contributed by atoms with van der Waals surface area (Å²) >= 11 is 0. The number of hydrogen-bond acceptors (Lipinski definition) is 3. The van der Waals surface area contributed by atoms with Crippen molar-refractivity contribution in [3.05, 3.63) is 53.3 Å². The zero-order valence-electron chi connectivity index (χ0n) is 14.6. The van der Waals surface area contributed by atoms with Crippen LogP contribution in [0.3, 0.4) is 0 Å². The lowest BCUT2D eigenvalue weighted by molar-refractivity contribution is -0.153. The van der Waals surface area contributed by atoms with Crippen LogP contribution in [0.25, 0.3) is 0 Å². The number of carbonyl (C=O) groups is 1. The fourth-order valence-electron chi connectivity index (χ4n) is 3.60. The maximum Gasteiger partial charge on any atom is 0.306 e. The van der Waals surface area contributed by atoms with Gasteiger partial charge in [0.25, 0.3) is 0 Å². The van der Waals surface area contributed by atoms with Gasteiger partial charge in [-0.2, -0.15) is 5.10 Å². The molecule has 1 aromatic carbocycles. The fourth-order valence-corrected chi connectivity index (χ4v) is 3.60. The Kier molecular flexibility index (Phi) is 5.34. The van der Waals surface area contributed by atoms with Crippen LogP contribution in [0.1, 0.15) is 55.1 Å². The van der Waals surface area contributed by atoms with Crippen LogP contribution < -0.4 is 0 Å². The summed E-state index contributed by atoms with van der Waals surface area (Å²) in [5.41, 5.74) is 3.34. The average Bonchev–Trinajstić information content (AvgIpc) is 2.93. The Bertz CT molecular complexity index is 678. The van der Waals surface area contributed by atoms with Gasteiger partial charge in [0.15, 0.2) is 0 Å². The summed E-state index contributed by atoms with van der Waals surface area (Å²) in [6.07, 6.45) is 5.35. The van der Waals surface area contributed by atoms with Gasteiger partial charge >= 0.3 is 5.97 Å². The van der Waals surface area contributed by atoms with E-state index in [9.17, 15) is 4.79 Å². The first-order valence-corrected chi connectivity index (χ1v) is 8.89. The summed E-state index contributed by atoms with van der Waals surface area (Å²) in [6, 6.07) is 12.3. The van der Waals surface area contributed by atoms with Crippen LogP contribution in [-0.4, -0.2) is 21.9 Å². The highest BCUT2D eigenvalue weighted by Gasteiger charge is 2.31. The maximum atomic E-state index is 12.3. The van der Waals surface area contributed by atoms with E-state index < -0.39 is 0 Å². The van der Waals surface area contributed by atoms with Gasteiger partial charge in [-0.1, -0.05) is 36.8 Å². The Morgan fingerprint density at radius 1 is 1.21 bits per heavy atom. The van der Waals surface area contributed by atoms with Gasteiger partial charge in [-0.25, -0.2) is 0 Å². The van der Waals surface area contributed by atoms with E-state index in [1.807, 2.05) is 37.3 Å². The predicted octanol–water partition coefficient (Wildman–Crippen LogP) is 4.16. The van der Waals surface area contributed by atoms with E-state index >= 15 is 0 Å². The summed E-state index contributed by atoms with van der Waals surface area (Å²) in [5.74, 6) is -0.0997. The number of hydrogen-bond donors (Lipinski definition) is 0. The molecule has 128 valence electrons. The minimum Gasteiger partial charge on any atom is -0.460 e. The monoisotopic (exact) mass is 326 g/mol. The van der Waals surface area contributed by atoms with Gasteiger partial charge in [0, 0.05) is 12.1 Å². The van der Waals surface area contributed by atoms with Crippen molar-refractivity contribution in [3.63, 3.8) is 0 Å². The third-order valence-electron chi connectivity index (χ3n) is 4.77. The van der Waals surface area contributed by atoms with E-state index in [1.54, 1.807) is 0 Å². The molecule has 2 aromatic rings. The molecule has 3 rings (SSSR count). The molecule has 2 atom stereocenters. The van der Waals surface area contributed by atoms with Gasteiger partial charge in [-0.3, -0.25) is 9.48 Å². The van der Waals surface area contributed by atoms with Crippen molar-refractivity contribution in [2.24, 2.45) is 0 Å². The van der Waals surface area contributed by atoms with E-state index in [1.165, 1.54) is 12.0 Å². The molecule has 0 unspecified atom stereocenters. The topological polar surface area (TPSA) is 44.1 Å². The van der Waals surface area contributed by atoms with Crippen LogP contribution in [0.5, 0.6) is 0 Å². The Balaban J connectivity index is 1.61. The number of carbonyl (C=O) groups excluding carboxylic acids is 1. The smallest absolute Gasteiger partial charge is 0.306 e. The number of aromatic nitrogens is 2. The Hall–Kier alpha value is -2.10. The Labute approximate surface area is 143 Å². The van der Waals surface area contributed by atoms with Gasteiger partial charge in [0.1, 0.15) is 6.10 Å². The highest BCUT2D eigenvalue weighted by Crippen LogP contribution is 2.32. The van der Waals surface area contributed by atoms with Gasteiger partial charge in [-0.15, -0.1) is 0 Å². The number of nitrogens with zero attached hydrogens (tertiary/aromatic N) is 2. The highest BCUT2D eigenvalue weighted by atomic mass is 16.5. The molecule has 0 amide bonds. The predicted molar refractivity (Wildman–Crippen MR) is 93.8 cm³/mol. The molecule has 0 N–H and O–H groups in total. The first-order valence-electron chi connectivity index (χ1n) is 8.89. The molecule has 1 aliphatic rings. The summed E-state index contributed by atoms with van der Waals surface area (Å²) < 4.78 is 7.90. The maximum absolute atomic E-state index is 12.3. The lowest BCUT2D eigenvalue weighted by atomic mass is 9.92. The van der Waals surface area contributed by atoms with Crippen LogP contribution in [0.15, 0.2) is 36.4 Å². The second kappa shape index (κ2) is 7.65. The van der Waals surface area contributed by atoms with Crippen molar-refractivity contribution in [2.45, 2.75) is 64.5 Å². The van der Waals surface area contributed by atoms with Crippen molar-refractivity contribution in [2.75, 3.05) is 0 Å². The molecule has 1 fully saturated rings. The molecular formula is C20H26N2O2. The van der Waals surface area contributed by atoms with Gasteiger partial charge in [0.2, 0.25) is 0 Å². The normalized spacial score (nSPS) is 20.8. The quantitative estimate of drug-likeness (QED) is 0.775. The minimum atomic E-state index is -0.0997. The van der Waals surface area contributed by atoms with Gasteiger partial charge in [0.05, 0.1) is 11.7 Å². The summed E-state index contributed by atoms with van der Waals surface area (Å²) in [4.78, 5) is 12.3. The minimum absolute atomic E-state index is 0.0555. The number of rotatable bonds is 5. The zero-order chi connectivity index (χ0) is 16.9. The average molecular weight is 326 g/mol. The molecule has 0 aliphatic heterocycles. The molecule has 4 heteroatoms. The molecule has 0 radical (unpaired) electrons. The lowest BCUT2D eigenvalue weighted by Gasteiger charge is -2.32. The van der Waals surface area contributed by atoms with Crippen LogP contribution in [0.4, 0.5) is 0 Å². The highest BCUT2D eigenvalue weighted by molar-refractivity contribution is 5.70. The van der Waals surface area contributed by atoms with E-state index in [0.29, 0.717) is 6.42 Å². The molecule has 4 nitrogen and oxygen atoms in total. The molecule has 1 aromatic heterocycles. The molecule has 0 saturated heterocycles. The second-order valence-electron chi connectivity index (χ2n) is 6.74. The summed E-state index contributed by atoms with van der Waals surface area (Å²) in [6.45, 7) is 4.08. The molecule has 1 heterocycles. The Morgan fingerprint density at radius 3 is 2.67 bits per heavy atom. The molecule has 1 aliphatic carbocycles. The molecule has 0 bridgehead atoms. The van der Waals surface area contributed by atoms with Crippen molar-refractivity contribution in [1.29, 1.82) is 0 Å². The lowest BCUT2D eigenvalue weighted by Crippen LogP contribution is -2.33. The third kappa shape index (κ3) is 4.05. The Morgan fingerprint density at radius 2 is 1.96 bits per heavy atom. The fraction of sp³-hybridized carbons (Fsp3) is 0.500. The third-order valence-corrected chi connectivity index (χ3v) is 4.77. The van der Waals surface area contributed by atoms with Crippen LogP contribution in [0, 0.1) is 13.8 Å². The van der Waals surface area contributed by atoms with Crippen molar-refractivity contribution >= 4 is 5.97 Å². The van der Waals surface area contributed by atoms with Gasteiger partial charge < -0.3 is 4.74 Å². The molecular weight excluding hydrogens is 300 g/mol. The zero-order valence-corrected chi connectivity index (χ0v) is 14.6.